The van der Waals surface area contributed by atoms with E-state index in [1.165, 1.54) is 10.5 Å². The van der Waals surface area contributed by atoms with Crippen molar-refractivity contribution < 1.29 is 9.64 Å². The van der Waals surface area contributed by atoms with Crippen LogP contribution in [0.2, 0.25) is 0 Å². The van der Waals surface area contributed by atoms with Crippen LogP contribution in [0.5, 0.6) is 0 Å². The van der Waals surface area contributed by atoms with Gasteiger partial charge in [-0.15, -0.1) is 0 Å². The van der Waals surface area contributed by atoms with Gasteiger partial charge in [0.1, 0.15) is 0 Å². The molecule has 1 heterocycles. The average Bonchev–Trinajstić information content (AvgIpc) is 2.71. The second-order valence-electron chi connectivity index (χ2n) is 7.45. The number of methoxy groups -OCH3 is 1. The summed E-state index contributed by atoms with van der Waals surface area (Å²) in [5.74, 6) is 0. The highest BCUT2D eigenvalue weighted by Crippen LogP contribution is 2.19. The second kappa shape index (κ2) is 11.3. The summed E-state index contributed by atoms with van der Waals surface area (Å²) in [5.41, 5.74) is 3.88. The summed E-state index contributed by atoms with van der Waals surface area (Å²) in [6.45, 7) is 14.1. The molecule has 0 saturated carbocycles. The lowest BCUT2D eigenvalue weighted by Gasteiger charge is -2.27. The number of H-pyrrole nitrogens is 1. The SMILES string of the molecule is CC[NH+](CC)CCN(Cc1cc2ccc(C)c(C)c2[nH]c1=O)C(=S)NCCOC. The van der Waals surface area contributed by atoms with Crippen molar-refractivity contribution in [1.29, 1.82) is 0 Å². The molecule has 0 spiro atoms. The fourth-order valence-electron chi connectivity index (χ4n) is 3.41. The number of nitrogens with zero attached hydrogens (tertiary/aromatic N) is 1. The number of fused-ring (bicyclic) bond motifs is 1. The lowest BCUT2D eigenvalue weighted by atomic mass is 10.0. The Hall–Kier alpha value is -1.96. The fraction of sp³-hybridized carbons (Fsp3) is 0.545. The van der Waals surface area contributed by atoms with Crippen LogP contribution >= 0.6 is 12.2 Å². The second-order valence-corrected chi connectivity index (χ2v) is 7.84. The quantitative estimate of drug-likeness (QED) is 0.401. The van der Waals surface area contributed by atoms with E-state index in [1.807, 2.05) is 13.0 Å². The van der Waals surface area contributed by atoms with Gasteiger partial charge in [-0.25, -0.2) is 0 Å². The third-order valence-electron chi connectivity index (χ3n) is 5.59. The Bertz CT molecular complexity index is 877. The number of ether oxygens (including phenoxy) is 1. The predicted octanol–water partition coefficient (Wildman–Crippen LogP) is 1.39. The van der Waals surface area contributed by atoms with Gasteiger partial charge in [-0.05, 0) is 62.5 Å². The standard InChI is InChI=1S/C22H34N4O2S/c1-6-25(7-2)11-12-26(22(29)23-10-13-28-5)15-19-14-18-9-8-16(3)17(4)20(18)24-21(19)27/h8-9,14H,6-7,10-13,15H2,1-5H3,(H,23,29)(H,24,27)/p+1. The minimum absolute atomic E-state index is 0.0499. The van der Waals surface area contributed by atoms with Crippen LogP contribution in [-0.4, -0.2) is 61.4 Å². The van der Waals surface area contributed by atoms with Gasteiger partial charge in [0.2, 0.25) is 0 Å². The first-order valence-electron chi connectivity index (χ1n) is 10.4. The lowest BCUT2D eigenvalue weighted by molar-refractivity contribution is -0.895. The zero-order valence-electron chi connectivity index (χ0n) is 18.4. The Morgan fingerprint density at radius 3 is 2.66 bits per heavy atom. The number of aromatic nitrogens is 1. The van der Waals surface area contributed by atoms with Gasteiger partial charge in [0.05, 0.1) is 44.8 Å². The van der Waals surface area contributed by atoms with E-state index >= 15 is 0 Å². The van der Waals surface area contributed by atoms with Gasteiger partial charge >= 0.3 is 0 Å². The highest BCUT2D eigenvalue weighted by Gasteiger charge is 2.16. The maximum absolute atomic E-state index is 12.8. The molecule has 0 unspecified atom stereocenters. The van der Waals surface area contributed by atoms with Gasteiger partial charge in [0, 0.05) is 19.2 Å². The first-order valence-corrected chi connectivity index (χ1v) is 10.8. The van der Waals surface area contributed by atoms with Crippen molar-refractivity contribution in [2.75, 3.05) is 46.4 Å². The maximum Gasteiger partial charge on any atom is 0.253 e. The molecule has 0 aliphatic rings. The molecule has 1 aromatic carbocycles. The van der Waals surface area contributed by atoms with Crippen LogP contribution < -0.4 is 15.8 Å². The van der Waals surface area contributed by atoms with Crippen LogP contribution in [0, 0.1) is 13.8 Å². The number of hydrogen-bond donors (Lipinski definition) is 3. The van der Waals surface area contributed by atoms with E-state index in [-0.39, 0.29) is 5.56 Å². The van der Waals surface area contributed by atoms with E-state index in [4.69, 9.17) is 17.0 Å². The molecule has 0 saturated heterocycles. The molecular formula is C22H35N4O2S+. The molecular weight excluding hydrogens is 384 g/mol. The third kappa shape index (κ3) is 6.26. The summed E-state index contributed by atoms with van der Waals surface area (Å²) in [6, 6.07) is 6.16. The Labute approximate surface area is 179 Å². The fourth-order valence-corrected chi connectivity index (χ4v) is 3.67. The maximum atomic E-state index is 12.8. The molecule has 3 N–H and O–H groups in total. The molecule has 1 aromatic heterocycles. The molecule has 2 rings (SSSR count). The van der Waals surface area contributed by atoms with Gasteiger partial charge in [0.15, 0.2) is 5.11 Å². The Morgan fingerprint density at radius 1 is 1.28 bits per heavy atom. The molecule has 0 amide bonds. The molecule has 160 valence electrons. The van der Waals surface area contributed by atoms with Crippen LogP contribution in [0.1, 0.15) is 30.5 Å². The smallest absolute Gasteiger partial charge is 0.253 e. The van der Waals surface area contributed by atoms with Gasteiger partial charge in [-0.3, -0.25) is 4.79 Å². The summed E-state index contributed by atoms with van der Waals surface area (Å²) in [6.07, 6.45) is 0. The van der Waals surface area contributed by atoms with Crippen LogP contribution in [0.15, 0.2) is 23.0 Å². The number of aryl methyl sites for hydroxylation is 2. The molecule has 0 bridgehead atoms. The highest BCUT2D eigenvalue weighted by molar-refractivity contribution is 7.80. The van der Waals surface area contributed by atoms with E-state index in [9.17, 15) is 4.79 Å². The number of thiocarbonyl (C=S) groups is 1. The van der Waals surface area contributed by atoms with Crippen molar-refractivity contribution in [3.8, 4) is 0 Å². The summed E-state index contributed by atoms with van der Waals surface area (Å²) in [4.78, 5) is 19.5. The molecule has 6 nitrogen and oxygen atoms in total. The van der Waals surface area contributed by atoms with E-state index in [2.05, 4.69) is 48.1 Å². The first-order chi connectivity index (χ1) is 13.9. The van der Waals surface area contributed by atoms with E-state index in [0.717, 1.165) is 48.2 Å². The van der Waals surface area contributed by atoms with Crippen molar-refractivity contribution in [3.63, 3.8) is 0 Å². The average molecular weight is 420 g/mol. The third-order valence-corrected chi connectivity index (χ3v) is 6.00. The topological polar surface area (TPSA) is 61.8 Å². The van der Waals surface area contributed by atoms with Crippen molar-refractivity contribution in [1.82, 2.24) is 15.2 Å². The Morgan fingerprint density at radius 2 is 2.00 bits per heavy atom. The minimum atomic E-state index is -0.0499. The Balaban J connectivity index is 2.26. The van der Waals surface area contributed by atoms with Gasteiger partial charge in [-0.1, -0.05) is 12.1 Å². The van der Waals surface area contributed by atoms with E-state index in [0.29, 0.717) is 24.8 Å². The van der Waals surface area contributed by atoms with Crippen molar-refractivity contribution in [2.24, 2.45) is 0 Å². The molecule has 0 aliphatic heterocycles. The predicted molar refractivity (Wildman–Crippen MR) is 124 cm³/mol. The molecule has 29 heavy (non-hydrogen) atoms. The number of nitrogens with one attached hydrogen (secondary N) is 3. The van der Waals surface area contributed by atoms with Crippen molar-refractivity contribution >= 4 is 28.2 Å². The molecule has 0 radical (unpaired) electrons. The van der Waals surface area contributed by atoms with Crippen molar-refractivity contribution in [2.45, 2.75) is 34.2 Å². The monoisotopic (exact) mass is 419 g/mol. The molecule has 0 atom stereocenters. The van der Waals surface area contributed by atoms with Gasteiger partial charge in [-0.2, -0.15) is 0 Å². The molecule has 7 heteroatoms. The number of benzene rings is 1. The van der Waals surface area contributed by atoms with Crippen LogP contribution in [0.4, 0.5) is 0 Å². The Kier molecular flexibility index (Phi) is 9.07. The molecule has 0 fully saturated rings. The number of hydrogen-bond acceptors (Lipinski definition) is 3. The lowest BCUT2D eigenvalue weighted by Crippen LogP contribution is -3.12. The number of quaternary nitrogens is 1. The molecule has 2 aromatic rings. The largest absolute Gasteiger partial charge is 0.383 e. The summed E-state index contributed by atoms with van der Waals surface area (Å²) in [5, 5.41) is 4.96. The first kappa shape index (κ1) is 23.3. The zero-order valence-corrected chi connectivity index (χ0v) is 19.2. The van der Waals surface area contributed by atoms with Crippen LogP contribution in [0.25, 0.3) is 10.9 Å². The van der Waals surface area contributed by atoms with Gasteiger partial charge < -0.3 is 24.8 Å². The van der Waals surface area contributed by atoms with E-state index < -0.39 is 0 Å². The van der Waals surface area contributed by atoms with E-state index in [1.54, 1.807) is 7.11 Å². The van der Waals surface area contributed by atoms with Crippen LogP contribution in [-0.2, 0) is 11.3 Å². The number of likely N-dealkylation sites (N-methyl/N-ethyl adjacent to an activating group) is 1. The van der Waals surface area contributed by atoms with Crippen LogP contribution in [0.3, 0.4) is 0 Å². The minimum Gasteiger partial charge on any atom is -0.383 e. The molecule has 0 aliphatic carbocycles. The number of rotatable bonds is 10. The normalized spacial score (nSPS) is 11.2. The zero-order chi connectivity index (χ0) is 21.4. The van der Waals surface area contributed by atoms with Crippen molar-refractivity contribution in [3.05, 3.63) is 45.2 Å². The summed E-state index contributed by atoms with van der Waals surface area (Å²) < 4.78 is 5.11. The highest BCUT2D eigenvalue weighted by atomic mass is 32.1. The number of aromatic amines is 1. The summed E-state index contributed by atoms with van der Waals surface area (Å²) >= 11 is 5.63. The van der Waals surface area contributed by atoms with Gasteiger partial charge in [0.25, 0.3) is 5.56 Å². The summed E-state index contributed by atoms with van der Waals surface area (Å²) in [7, 11) is 1.67. The number of pyridine rings is 1.